The van der Waals surface area contributed by atoms with E-state index in [1.807, 2.05) is 0 Å². The molecule has 1 aliphatic heterocycles. The molecule has 0 bridgehead atoms. The second-order valence-corrected chi connectivity index (χ2v) is 8.10. The van der Waals surface area contributed by atoms with Crippen LogP contribution in [0.15, 0.2) is 29.3 Å². The van der Waals surface area contributed by atoms with Crippen LogP contribution in [0, 0.1) is 29.0 Å². The van der Waals surface area contributed by atoms with E-state index in [0.717, 1.165) is 12.1 Å². The lowest BCUT2D eigenvalue weighted by Crippen LogP contribution is -2.45. The smallest absolute Gasteiger partial charge is 0.276 e. The number of aliphatic hydroxyl groups excluding tert-OH is 1. The number of amides is 1. The van der Waals surface area contributed by atoms with Crippen molar-refractivity contribution in [3.63, 3.8) is 0 Å². The lowest BCUT2D eigenvalue weighted by atomic mass is 10.2. The molecular weight excluding hydrogens is 415 g/mol. The van der Waals surface area contributed by atoms with Gasteiger partial charge in [-0.3, -0.25) is 4.79 Å². The topological polar surface area (TPSA) is 133 Å². The average Bonchev–Trinajstić information content (AvgIpc) is 2.97. The summed E-state index contributed by atoms with van der Waals surface area (Å²) in [5.74, 6) is 3.30. The predicted octanol–water partition coefficient (Wildman–Crippen LogP) is 0.712. The summed E-state index contributed by atoms with van der Waals surface area (Å²) in [6.45, 7) is 1.24. The van der Waals surface area contributed by atoms with Crippen molar-refractivity contribution in [2.45, 2.75) is 24.0 Å². The van der Waals surface area contributed by atoms with Crippen molar-refractivity contribution in [1.29, 1.82) is 5.26 Å². The number of rotatable bonds is 3. The zero-order valence-corrected chi connectivity index (χ0v) is 16.7. The number of sulfonamides is 1. The first-order valence-electron chi connectivity index (χ1n) is 8.63. The summed E-state index contributed by atoms with van der Waals surface area (Å²) >= 11 is 0. The van der Waals surface area contributed by atoms with Crippen molar-refractivity contribution in [2.24, 2.45) is 7.05 Å². The number of nitrogens with one attached hydrogen (secondary N) is 2. The van der Waals surface area contributed by atoms with Crippen LogP contribution in [-0.2, 0) is 17.1 Å². The minimum absolute atomic E-state index is 0.102. The van der Waals surface area contributed by atoms with Gasteiger partial charge in [0, 0.05) is 18.9 Å². The summed E-state index contributed by atoms with van der Waals surface area (Å²) in [6.07, 6.45) is -0.0958. The van der Waals surface area contributed by atoms with Crippen LogP contribution in [0.1, 0.15) is 23.0 Å². The van der Waals surface area contributed by atoms with E-state index in [4.69, 9.17) is 10.00 Å². The Kier molecular flexibility index (Phi) is 5.80. The summed E-state index contributed by atoms with van der Waals surface area (Å²) in [5, 5.41) is 21.4. The van der Waals surface area contributed by atoms with Gasteiger partial charge < -0.3 is 19.7 Å². The summed E-state index contributed by atoms with van der Waals surface area (Å²) in [5.41, 5.74) is -0.209. The van der Waals surface area contributed by atoms with Crippen molar-refractivity contribution in [2.75, 3.05) is 11.9 Å². The highest BCUT2D eigenvalue weighted by Crippen LogP contribution is 2.33. The van der Waals surface area contributed by atoms with Crippen LogP contribution in [-0.4, -0.2) is 42.8 Å². The number of hydrogen-bond donors (Lipinski definition) is 3. The van der Waals surface area contributed by atoms with Gasteiger partial charge in [-0.2, -0.15) is 5.26 Å². The van der Waals surface area contributed by atoms with Crippen molar-refractivity contribution in [3.05, 3.63) is 41.5 Å². The number of carbonyl (C=O) groups is 1. The molecule has 1 amide bonds. The standard InChI is InChI=1S/C19H17FN4O5S/c1-3-4-15(25)14-10-29-18-16(30(27,28)23-14)9-24(2)17(18)19(26)22-12-5-6-13(20)11(7-12)8-21/h5-7,9,14-15,23,25H,10H2,1-2H3,(H,22,26). The summed E-state index contributed by atoms with van der Waals surface area (Å²) in [6, 6.07) is 4.09. The van der Waals surface area contributed by atoms with Gasteiger partial charge in [0.15, 0.2) is 11.4 Å². The molecular formula is C19H17FN4O5S. The number of benzene rings is 1. The van der Waals surface area contributed by atoms with E-state index in [0.29, 0.717) is 0 Å². The van der Waals surface area contributed by atoms with Gasteiger partial charge in [0.2, 0.25) is 10.0 Å². The van der Waals surface area contributed by atoms with Crippen LogP contribution in [0.4, 0.5) is 10.1 Å². The van der Waals surface area contributed by atoms with Crippen molar-refractivity contribution >= 4 is 21.6 Å². The molecule has 2 unspecified atom stereocenters. The van der Waals surface area contributed by atoms with Crippen LogP contribution < -0.4 is 14.8 Å². The van der Waals surface area contributed by atoms with E-state index in [2.05, 4.69) is 21.9 Å². The van der Waals surface area contributed by atoms with Crippen LogP contribution in [0.2, 0.25) is 0 Å². The minimum Gasteiger partial charge on any atom is -0.488 e. The van der Waals surface area contributed by atoms with Crippen molar-refractivity contribution in [3.8, 4) is 23.7 Å². The number of aryl methyl sites for hydroxylation is 1. The largest absolute Gasteiger partial charge is 0.488 e. The summed E-state index contributed by atoms with van der Waals surface area (Å²) in [4.78, 5) is 12.5. The monoisotopic (exact) mass is 432 g/mol. The maximum Gasteiger partial charge on any atom is 0.276 e. The molecule has 2 heterocycles. The number of nitriles is 1. The molecule has 2 aromatic rings. The molecule has 3 rings (SSSR count). The Bertz CT molecular complexity index is 1220. The van der Waals surface area contributed by atoms with Gasteiger partial charge in [-0.25, -0.2) is 17.5 Å². The van der Waals surface area contributed by atoms with E-state index >= 15 is 0 Å². The Balaban J connectivity index is 1.96. The minimum atomic E-state index is -4.11. The third-order valence-electron chi connectivity index (χ3n) is 4.34. The molecule has 0 aliphatic carbocycles. The number of nitrogens with zero attached hydrogens (tertiary/aromatic N) is 2. The quantitative estimate of drug-likeness (QED) is 0.612. The summed E-state index contributed by atoms with van der Waals surface area (Å²) < 4.78 is 48.1. The van der Waals surface area contributed by atoms with Crippen LogP contribution in [0.5, 0.6) is 5.75 Å². The number of ether oxygens (including phenoxy) is 1. The average molecular weight is 432 g/mol. The maximum absolute atomic E-state index is 13.5. The number of carbonyl (C=O) groups excluding carboxylic acids is 1. The molecule has 1 aromatic carbocycles. The van der Waals surface area contributed by atoms with Gasteiger partial charge in [0.1, 0.15) is 29.5 Å². The highest BCUT2D eigenvalue weighted by Gasteiger charge is 2.36. The number of aromatic nitrogens is 1. The highest BCUT2D eigenvalue weighted by atomic mass is 32.2. The van der Waals surface area contributed by atoms with Gasteiger partial charge in [0.25, 0.3) is 5.91 Å². The third kappa shape index (κ3) is 4.00. The fourth-order valence-electron chi connectivity index (χ4n) is 2.92. The molecule has 0 saturated heterocycles. The van der Waals surface area contributed by atoms with Gasteiger partial charge in [-0.05, 0) is 25.1 Å². The van der Waals surface area contributed by atoms with E-state index in [1.54, 1.807) is 6.07 Å². The SMILES string of the molecule is CC#CC(O)C1COc2c(cn(C)c2C(=O)Nc2ccc(F)c(C#N)c2)S(=O)(=O)N1. The van der Waals surface area contributed by atoms with E-state index in [1.165, 1.54) is 30.8 Å². The Morgan fingerprint density at radius 1 is 1.50 bits per heavy atom. The van der Waals surface area contributed by atoms with Gasteiger partial charge in [0.05, 0.1) is 11.6 Å². The zero-order chi connectivity index (χ0) is 22.1. The second kappa shape index (κ2) is 8.16. The van der Waals surface area contributed by atoms with Gasteiger partial charge in [-0.15, -0.1) is 5.92 Å². The number of anilines is 1. The maximum atomic E-state index is 13.5. The fraction of sp³-hybridized carbons (Fsp3) is 0.263. The molecule has 3 N–H and O–H groups in total. The second-order valence-electron chi connectivity index (χ2n) is 6.42. The predicted molar refractivity (Wildman–Crippen MR) is 104 cm³/mol. The van der Waals surface area contributed by atoms with Gasteiger partial charge in [-0.1, -0.05) is 5.92 Å². The molecule has 0 radical (unpaired) electrons. The molecule has 2 atom stereocenters. The Hall–Kier alpha value is -3.38. The summed E-state index contributed by atoms with van der Waals surface area (Å²) in [7, 11) is -2.65. The molecule has 11 heteroatoms. The van der Waals surface area contributed by atoms with Crippen LogP contribution in [0.25, 0.3) is 0 Å². The fourth-order valence-corrected chi connectivity index (χ4v) is 4.34. The van der Waals surface area contributed by atoms with Crippen LogP contribution >= 0.6 is 0 Å². The Morgan fingerprint density at radius 3 is 2.90 bits per heavy atom. The first-order chi connectivity index (χ1) is 14.2. The third-order valence-corrected chi connectivity index (χ3v) is 5.82. The molecule has 0 saturated carbocycles. The number of aliphatic hydroxyl groups is 1. The van der Waals surface area contributed by atoms with E-state index < -0.39 is 33.9 Å². The number of fused-ring (bicyclic) bond motifs is 1. The molecule has 1 aromatic heterocycles. The zero-order valence-electron chi connectivity index (χ0n) is 15.9. The van der Waals surface area contributed by atoms with E-state index in [-0.39, 0.29) is 34.2 Å². The molecule has 30 heavy (non-hydrogen) atoms. The Labute approximate surface area is 172 Å². The molecule has 9 nitrogen and oxygen atoms in total. The highest BCUT2D eigenvalue weighted by molar-refractivity contribution is 7.89. The lowest BCUT2D eigenvalue weighted by Gasteiger charge is -2.17. The normalized spacial score (nSPS) is 17.9. The van der Waals surface area contributed by atoms with Crippen molar-refractivity contribution in [1.82, 2.24) is 9.29 Å². The first-order valence-corrected chi connectivity index (χ1v) is 10.1. The van der Waals surface area contributed by atoms with Gasteiger partial charge >= 0.3 is 0 Å². The molecule has 156 valence electrons. The molecule has 0 fully saturated rings. The molecule has 0 spiro atoms. The van der Waals surface area contributed by atoms with E-state index in [9.17, 15) is 22.7 Å². The lowest BCUT2D eigenvalue weighted by molar-refractivity contribution is 0.101. The molecule has 1 aliphatic rings. The number of halogens is 1. The van der Waals surface area contributed by atoms with Crippen molar-refractivity contribution < 1.29 is 27.4 Å². The Morgan fingerprint density at radius 2 is 2.23 bits per heavy atom. The number of hydrogen-bond acceptors (Lipinski definition) is 6. The van der Waals surface area contributed by atoms with Crippen LogP contribution in [0.3, 0.4) is 0 Å². The first kappa shape index (κ1) is 21.3.